The number of methoxy groups -OCH3 is 1. The van der Waals surface area contributed by atoms with Crippen molar-refractivity contribution in [3.8, 4) is 5.75 Å². The third-order valence-corrected chi connectivity index (χ3v) is 4.43. The molecule has 0 heterocycles. The predicted molar refractivity (Wildman–Crippen MR) is 107 cm³/mol. The molecule has 5 nitrogen and oxygen atoms in total. The molecular weight excluding hydrogens is 346 g/mol. The van der Waals surface area contributed by atoms with Crippen LogP contribution >= 0.6 is 12.2 Å². The lowest BCUT2D eigenvalue weighted by atomic mass is 10.1. The molecule has 0 fully saturated rings. The van der Waals surface area contributed by atoms with E-state index < -0.39 is 0 Å². The summed E-state index contributed by atoms with van der Waals surface area (Å²) >= 11 is 5.27. The quantitative estimate of drug-likeness (QED) is 0.550. The first-order valence-electron chi connectivity index (χ1n) is 8.03. The Hall–Kier alpha value is -3.25. The Morgan fingerprint density at radius 2 is 1.69 bits per heavy atom. The van der Waals surface area contributed by atoms with E-state index >= 15 is 0 Å². The van der Waals surface area contributed by atoms with Crippen molar-refractivity contribution in [1.82, 2.24) is 5.43 Å². The van der Waals surface area contributed by atoms with E-state index in [1.165, 1.54) is 0 Å². The van der Waals surface area contributed by atoms with Gasteiger partial charge in [-0.1, -0.05) is 36.4 Å². The Morgan fingerprint density at radius 1 is 1.00 bits per heavy atom. The highest BCUT2D eigenvalue weighted by molar-refractivity contribution is 7.80. The molecule has 2 N–H and O–H groups in total. The van der Waals surface area contributed by atoms with E-state index in [9.17, 15) is 4.79 Å². The van der Waals surface area contributed by atoms with E-state index in [1.54, 1.807) is 7.11 Å². The lowest BCUT2D eigenvalue weighted by molar-refractivity contribution is 0.106. The van der Waals surface area contributed by atoms with E-state index in [0.29, 0.717) is 16.4 Å². The molecule has 0 saturated heterocycles. The maximum absolute atomic E-state index is 12.7. The predicted octanol–water partition coefficient (Wildman–Crippen LogP) is 3.74. The van der Waals surface area contributed by atoms with Gasteiger partial charge in [-0.25, -0.2) is 0 Å². The minimum absolute atomic E-state index is 0.100. The van der Waals surface area contributed by atoms with Crippen molar-refractivity contribution in [3.63, 3.8) is 0 Å². The summed E-state index contributed by atoms with van der Waals surface area (Å²) in [4.78, 5) is 12.7. The molecular formula is C20H15N3O2S. The number of Topliss-reactive ketones (excluding diaryl/α,β-unsaturated/α-hetero) is 1. The summed E-state index contributed by atoms with van der Waals surface area (Å²) in [6.07, 6.45) is 0. The fraction of sp³-hybridized carbons (Fsp3) is 0.0500. The number of rotatable bonds is 3. The van der Waals surface area contributed by atoms with Crippen LogP contribution in [0.2, 0.25) is 0 Å². The smallest absolute Gasteiger partial charge is 0.214 e. The van der Waals surface area contributed by atoms with Crippen molar-refractivity contribution in [1.29, 1.82) is 0 Å². The second kappa shape index (κ2) is 6.57. The number of ketones is 1. The number of ether oxygens (including phenoxy) is 1. The molecule has 1 aliphatic carbocycles. The summed E-state index contributed by atoms with van der Waals surface area (Å²) in [5, 5.41) is 9.56. The van der Waals surface area contributed by atoms with Gasteiger partial charge >= 0.3 is 0 Å². The summed E-state index contributed by atoms with van der Waals surface area (Å²) < 4.78 is 5.12. The fourth-order valence-corrected chi connectivity index (χ4v) is 3.19. The molecule has 0 bridgehead atoms. The summed E-state index contributed by atoms with van der Waals surface area (Å²) in [5.74, 6) is 0.661. The topological polar surface area (TPSA) is 62.7 Å². The van der Waals surface area contributed by atoms with Gasteiger partial charge in [-0.05, 0) is 41.9 Å². The minimum atomic E-state index is -0.100. The van der Waals surface area contributed by atoms with E-state index in [-0.39, 0.29) is 5.78 Å². The van der Waals surface area contributed by atoms with E-state index in [1.807, 2.05) is 60.7 Å². The molecule has 0 spiro atoms. The number of hydrazone groups is 1. The highest BCUT2D eigenvalue weighted by Crippen LogP contribution is 2.30. The number of nitrogens with zero attached hydrogens (tertiary/aromatic N) is 1. The van der Waals surface area contributed by atoms with Crippen molar-refractivity contribution in [2.75, 3.05) is 12.4 Å². The van der Waals surface area contributed by atoms with Crippen LogP contribution in [0, 0.1) is 0 Å². The summed E-state index contributed by atoms with van der Waals surface area (Å²) in [6.45, 7) is 0. The van der Waals surface area contributed by atoms with Crippen molar-refractivity contribution in [3.05, 3.63) is 71.8 Å². The molecule has 26 heavy (non-hydrogen) atoms. The molecule has 3 aromatic carbocycles. The number of thiocarbonyl (C=S) groups is 1. The molecule has 4 rings (SSSR count). The molecule has 0 aromatic heterocycles. The Labute approximate surface area is 155 Å². The zero-order valence-electron chi connectivity index (χ0n) is 13.9. The largest absolute Gasteiger partial charge is 0.497 e. The molecule has 0 saturated carbocycles. The number of anilines is 1. The molecule has 0 amide bonds. The molecule has 1 aliphatic rings. The highest BCUT2D eigenvalue weighted by Gasteiger charge is 2.28. The van der Waals surface area contributed by atoms with Crippen LogP contribution in [-0.2, 0) is 0 Å². The van der Waals surface area contributed by atoms with Crippen LogP contribution in [0.15, 0.2) is 65.8 Å². The average molecular weight is 361 g/mol. The lowest BCUT2D eigenvalue weighted by Crippen LogP contribution is -2.26. The van der Waals surface area contributed by atoms with E-state index in [0.717, 1.165) is 27.8 Å². The van der Waals surface area contributed by atoms with Crippen LogP contribution in [-0.4, -0.2) is 23.7 Å². The number of carbonyl (C=O) groups is 1. The Bertz CT molecular complexity index is 1050. The number of hydrogen-bond acceptors (Lipinski definition) is 4. The maximum Gasteiger partial charge on any atom is 0.214 e. The van der Waals surface area contributed by atoms with Crippen LogP contribution in [0.4, 0.5) is 5.69 Å². The van der Waals surface area contributed by atoms with Crippen molar-refractivity contribution in [2.24, 2.45) is 5.10 Å². The van der Waals surface area contributed by atoms with Gasteiger partial charge in [0, 0.05) is 22.2 Å². The first kappa shape index (κ1) is 16.2. The van der Waals surface area contributed by atoms with Crippen LogP contribution in [0.25, 0.3) is 10.8 Å². The monoisotopic (exact) mass is 361 g/mol. The number of benzene rings is 3. The summed E-state index contributed by atoms with van der Waals surface area (Å²) in [7, 11) is 1.61. The Kier molecular flexibility index (Phi) is 4.10. The van der Waals surface area contributed by atoms with Crippen LogP contribution in [0.1, 0.15) is 15.9 Å². The van der Waals surface area contributed by atoms with Gasteiger partial charge in [0.1, 0.15) is 11.5 Å². The fourth-order valence-electron chi connectivity index (χ4n) is 3.03. The molecule has 0 aliphatic heterocycles. The van der Waals surface area contributed by atoms with Crippen LogP contribution < -0.4 is 15.5 Å². The molecule has 3 aromatic rings. The normalized spacial score (nSPS) is 13.9. The minimum Gasteiger partial charge on any atom is -0.497 e. The number of carbonyl (C=O) groups excluding carboxylic acids is 1. The van der Waals surface area contributed by atoms with Gasteiger partial charge in [0.05, 0.1) is 7.11 Å². The van der Waals surface area contributed by atoms with Crippen LogP contribution in [0.3, 0.4) is 0 Å². The highest BCUT2D eigenvalue weighted by atomic mass is 32.1. The second-order valence-corrected chi connectivity index (χ2v) is 6.20. The first-order valence-corrected chi connectivity index (χ1v) is 8.44. The van der Waals surface area contributed by atoms with Gasteiger partial charge < -0.3 is 10.1 Å². The number of hydrogen-bond donors (Lipinski definition) is 2. The first-order chi connectivity index (χ1) is 12.7. The van der Waals surface area contributed by atoms with Gasteiger partial charge in [0.25, 0.3) is 0 Å². The SMILES string of the molecule is COc1ccc(NC(=S)N/N=C2\C(=O)c3cccc4cccc2c34)cc1. The van der Waals surface area contributed by atoms with Crippen molar-refractivity contribution < 1.29 is 9.53 Å². The zero-order chi connectivity index (χ0) is 18.1. The maximum atomic E-state index is 12.7. The van der Waals surface area contributed by atoms with E-state index in [4.69, 9.17) is 17.0 Å². The van der Waals surface area contributed by atoms with Gasteiger partial charge in [-0.15, -0.1) is 0 Å². The van der Waals surface area contributed by atoms with Gasteiger partial charge in [-0.2, -0.15) is 5.10 Å². The molecule has 0 atom stereocenters. The standard InChI is InChI=1S/C20H15N3O2S/c1-25-14-10-8-13(9-11-14)21-20(26)23-22-18-15-6-2-4-12-5-3-7-16(17(12)15)19(18)24/h2-11H,1H3,(H2,21,23,26)/b22-18-. The van der Waals surface area contributed by atoms with Crippen LogP contribution in [0.5, 0.6) is 5.75 Å². The van der Waals surface area contributed by atoms with Crippen molar-refractivity contribution >= 4 is 45.3 Å². The van der Waals surface area contributed by atoms with Crippen molar-refractivity contribution in [2.45, 2.75) is 0 Å². The zero-order valence-corrected chi connectivity index (χ0v) is 14.8. The third-order valence-electron chi connectivity index (χ3n) is 4.24. The second-order valence-electron chi connectivity index (χ2n) is 5.79. The number of nitrogens with one attached hydrogen (secondary N) is 2. The molecule has 0 unspecified atom stereocenters. The summed E-state index contributed by atoms with van der Waals surface area (Å²) in [6, 6.07) is 18.8. The van der Waals surface area contributed by atoms with Gasteiger partial charge in [0.15, 0.2) is 5.11 Å². The molecule has 128 valence electrons. The van der Waals surface area contributed by atoms with Gasteiger partial charge in [0.2, 0.25) is 5.78 Å². The van der Waals surface area contributed by atoms with Gasteiger partial charge in [-0.3, -0.25) is 10.2 Å². The average Bonchev–Trinajstić information content (AvgIpc) is 2.95. The Balaban J connectivity index is 1.55. The molecule has 0 radical (unpaired) electrons. The Morgan fingerprint density at radius 3 is 2.38 bits per heavy atom. The lowest BCUT2D eigenvalue weighted by Gasteiger charge is -2.08. The summed E-state index contributed by atoms with van der Waals surface area (Å²) in [5.41, 5.74) is 5.43. The van der Waals surface area contributed by atoms with E-state index in [2.05, 4.69) is 15.8 Å². The molecule has 6 heteroatoms. The third kappa shape index (κ3) is 2.80.